The van der Waals surface area contributed by atoms with Crippen molar-refractivity contribution in [1.29, 1.82) is 0 Å². The molecule has 1 saturated carbocycles. The maximum Gasteiger partial charge on any atom is 0.230 e. The second kappa shape index (κ2) is 6.64. The molecule has 0 aliphatic heterocycles. The molecule has 1 fully saturated rings. The van der Waals surface area contributed by atoms with Crippen molar-refractivity contribution < 1.29 is 4.79 Å². The highest BCUT2D eigenvalue weighted by atomic mass is 32.2. The summed E-state index contributed by atoms with van der Waals surface area (Å²) < 4.78 is 0. The van der Waals surface area contributed by atoms with E-state index >= 15 is 0 Å². The first-order valence-corrected chi connectivity index (χ1v) is 7.72. The zero-order valence-corrected chi connectivity index (χ0v) is 12.1. The molecule has 17 heavy (non-hydrogen) atoms. The Hall–Kier alpha value is -0.220. The monoisotopic (exact) mass is 258 g/mol. The summed E-state index contributed by atoms with van der Waals surface area (Å²) in [6.45, 7) is 7.03. The van der Waals surface area contributed by atoms with Gasteiger partial charge in [-0.3, -0.25) is 4.79 Å². The van der Waals surface area contributed by atoms with Gasteiger partial charge in [-0.25, -0.2) is 0 Å². The van der Waals surface area contributed by atoms with Crippen molar-refractivity contribution in [2.75, 3.05) is 18.1 Å². The molecule has 1 aliphatic rings. The summed E-state index contributed by atoms with van der Waals surface area (Å²) in [5.74, 6) is 3.07. The predicted molar refractivity (Wildman–Crippen MR) is 75.1 cm³/mol. The molecular formula is C13H26N2OS. The third-order valence-electron chi connectivity index (χ3n) is 3.40. The SMILES string of the molecule is CC(C)CCSCC(=O)NC(C)(CN)C1CC1. The minimum Gasteiger partial charge on any atom is -0.349 e. The summed E-state index contributed by atoms with van der Waals surface area (Å²) >= 11 is 1.72. The van der Waals surface area contributed by atoms with E-state index in [1.807, 2.05) is 0 Å². The van der Waals surface area contributed by atoms with E-state index in [4.69, 9.17) is 5.73 Å². The fourth-order valence-corrected chi connectivity index (χ4v) is 2.92. The van der Waals surface area contributed by atoms with Crippen LogP contribution in [0.5, 0.6) is 0 Å². The largest absolute Gasteiger partial charge is 0.349 e. The third-order valence-corrected chi connectivity index (χ3v) is 4.39. The van der Waals surface area contributed by atoms with Gasteiger partial charge in [-0.1, -0.05) is 13.8 Å². The number of thioether (sulfide) groups is 1. The Morgan fingerprint density at radius 1 is 1.53 bits per heavy atom. The molecule has 1 aliphatic carbocycles. The molecule has 1 rings (SSSR count). The molecule has 1 atom stereocenters. The van der Waals surface area contributed by atoms with Crippen molar-refractivity contribution in [1.82, 2.24) is 5.32 Å². The van der Waals surface area contributed by atoms with Gasteiger partial charge in [0.2, 0.25) is 5.91 Å². The Kier molecular flexibility index (Phi) is 5.80. The number of nitrogens with two attached hydrogens (primary N) is 1. The molecule has 3 N–H and O–H groups in total. The van der Waals surface area contributed by atoms with E-state index in [1.54, 1.807) is 11.8 Å². The van der Waals surface area contributed by atoms with Gasteiger partial charge in [-0.15, -0.1) is 0 Å². The van der Waals surface area contributed by atoms with E-state index in [0.29, 0.717) is 24.1 Å². The zero-order chi connectivity index (χ0) is 12.9. The number of rotatable bonds is 8. The number of hydrogen-bond donors (Lipinski definition) is 2. The lowest BCUT2D eigenvalue weighted by Gasteiger charge is -2.29. The van der Waals surface area contributed by atoms with E-state index in [1.165, 1.54) is 19.3 Å². The molecule has 100 valence electrons. The summed E-state index contributed by atoms with van der Waals surface area (Å²) in [5.41, 5.74) is 5.60. The summed E-state index contributed by atoms with van der Waals surface area (Å²) in [7, 11) is 0. The average Bonchev–Trinajstić information content (AvgIpc) is 3.08. The minimum absolute atomic E-state index is 0.138. The van der Waals surface area contributed by atoms with Gasteiger partial charge in [0.15, 0.2) is 0 Å². The fraction of sp³-hybridized carbons (Fsp3) is 0.923. The van der Waals surface area contributed by atoms with Crippen molar-refractivity contribution in [2.24, 2.45) is 17.6 Å². The van der Waals surface area contributed by atoms with Crippen LogP contribution in [0.4, 0.5) is 0 Å². The molecular weight excluding hydrogens is 232 g/mol. The highest BCUT2D eigenvalue weighted by Gasteiger charge is 2.41. The number of nitrogens with one attached hydrogen (secondary N) is 1. The van der Waals surface area contributed by atoms with Crippen LogP contribution in [-0.4, -0.2) is 29.5 Å². The molecule has 0 bridgehead atoms. The van der Waals surface area contributed by atoms with Crippen molar-refractivity contribution in [3.63, 3.8) is 0 Å². The lowest BCUT2D eigenvalue weighted by molar-refractivity contribution is -0.120. The van der Waals surface area contributed by atoms with E-state index in [-0.39, 0.29) is 11.4 Å². The Morgan fingerprint density at radius 2 is 2.18 bits per heavy atom. The van der Waals surface area contributed by atoms with E-state index in [9.17, 15) is 4.79 Å². The van der Waals surface area contributed by atoms with E-state index in [2.05, 4.69) is 26.1 Å². The maximum atomic E-state index is 11.8. The molecule has 0 saturated heterocycles. The van der Waals surface area contributed by atoms with Gasteiger partial charge in [-0.2, -0.15) is 11.8 Å². The first-order valence-electron chi connectivity index (χ1n) is 6.56. The van der Waals surface area contributed by atoms with Crippen LogP contribution >= 0.6 is 11.8 Å². The van der Waals surface area contributed by atoms with Crippen LogP contribution in [0.3, 0.4) is 0 Å². The Balaban J connectivity index is 2.19. The molecule has 0 heterocycles. The molecule has 4 heteroatoms. The summed E-state index contributed by atoms with van der Waals surface area (Å²) in [5, 5.41) is 3.11. The van der Waals surface area contributed by atoms with Crippen molar-refractivity contribution in [3.05, 3.63) is 0 Å². The van der Waals surface area contributed by atoms with Gasteiger partial charge >= 0.3 is 0 Å². The quantitative estimate of drug-likeness (QED) is 0.655. The number of carbonyl (C=O) groups excluding carboxylic acids is 1. The standard InChI is InChI=1S/C13H26N2OS/c1-10(2)6-7-17-8-12(16)15-13(3,9-14)11-4-5-11/h10-11H,4-9,14H2,1-3H3,(H,15,16). The molecule has 1 unspecified atom stereocenters. The third kappa shape index (κ3) is 5.30. The van der Waals surface area contributed by atoms with Crippen LogP contribution in [-0.2, 0) is 4.79 Å². The van der Waals surface area contributed by atoms with Crippen LogP contribution in [0.2, 0.25) is 0 Å². The highest BCUT2D eigenvalue weighted by Crippen LogP contribution is 2.38. The van der Waals surface area contributed by atoms with Gasteiger partial charge in [0.05, 0.1) is 11.3 Å². The second-order valence-electron chi connectivity index (χ2n) is 5.68. The maximum absolute atomic E-state index is 11.8. The van der Waals surface area contributed by atoms with Gasteiger partial charge in [0.25, 0.3) is 0 Å². The minimum atomic E-state index is -0.171. The van der Waals surface area contributed by atoms with Gasteiger partial charge in [0, 0.05) is 6.54 Å². The molecule has 0 radical (unpaired) electrons. The number of hydrogen-bond acceptors (Lipinski definition) is 3. The smallest absolute Gasteiger partial charge is 0.230 e. The summed E-state index contributed by atoms with van der Waals surface area (Å²) in [6, 6.07) is 0. The van der Waals surface area contributed by atoms with Crippen LogP contribution in [0, 0.1) is 11.8 Å². The topological polar surface area (TPSA) is 55.1 Å². The Bertz CT molecular complexity index is 254. The highest BCUT2D eigenvalue weighted by molar-refractivity contribution is 7.99. The van der Waals surface area contributed by atoms with Gasteiger partial charge < -0.3 is 11.1 Å². The molecule has 0 aromatic carbocycles. The lowest BCUT2D eigenvalue weighted by atomic mass is 9.96. The fourth-order valence-electron chi connectivity index (χ4n) is 1.88. The zero-order valence-electron chi connectivity index (χ0n) is 11.3. The van der Waals surface area contributed by atoms with Crippen LogP contribution < -0.4 is 11.1 Å². The first-order chi connectivity index (χ1) is 7.98. The van der Waals surface area contributed by atoms with Crippen molar-refractivity contribution >= 4 is 17.7 Å². The van der Waals surface area contributed by atoms with Crippen molar-refractivity contribution in [2.45, 2.75) is 45.6 Å². The molecule has 3 nitrogen and oxygen atoms in total. The Labute approximate surface area is 109 Å². The molecule has 0 aromatic rings. The lowest BCUT2D eigenvalue weighted by Crippen LogP contribution is -2.53. The first kappa shape index (κ1) is 14.8. The second-order valence-corrected chi connectivity index (χ2v) is 6.78. The van der Waals surface area contributed by atoms with Gasteiger partial charge in [0.1, 0.15) is 0 Å². The number of carbonyl (C=O) groups is 1. The molecule has 0 spiro atoms. The predicted octanol–water partition coefficient (Wildman–Crippen LogP) is 2.01. The van der Waals surface area contributed by atoms with Crippen molar-refractivity contribution in [3.8, 4) is 0 Å². The van der Waals surface area contributed by atoms with E-state index in [0.717, 1.165) is 5.75 Å². The summed E-state index contributed by atoms with van der Waals surface area (Å²) in [6.07, 6.45) is 3.58. The molecule has 0 aromatic heterocycles. The van der Waals surface area contributed by atoms with Crippen LogP contribution in [0.15, 0.2) is 0 Å². The van der Waals surface area contributed by atoms with Crippen LogP contribution in [0.1, 0.15) is 40.0 Å². The van der Waals surface area contributed by atoms with Gasteiger partial charge in [-0.05, 0) is 43.8 Å². The average molecular weight is 258 g/mol. The Morgan fingerprint density at radius 3 is 2.65 bits per heavy atom. The normalized spacial score (nSPS) is 19.1. The number of amides is 1. The summed E-state index contributed by atoms with van der Waals surface area (Å²) in [4.78, 5) is 11.8. The van der Waals surface area contributed by atoms with Crippen LogP contribution in [0.25, 0.3) is 0 Å². The van der Waals surface area contributed by atoms with E-state index < -0.39 is 0 Å². The molecule has 1 amide bonds.